The van der Waals surface area contributed by atoms with Gasteiger partial charge in [0.15, 0.2) is 0 Å². The van der Waals surface area contributed by atoms with Gasteiger partial charge in [-0.1, -0.05) is 64.6 Å². The Morgan fingerprint density at radius 1 is 1.00 bits per heavy atom. The fourth-order valence-electron chi connectivity index (χ4n) is 2.73. The van der Waals surface area contributed by atoms with Crippen molar-refractivity contribution in [2.45, 2.75) is 4.90 Å². The fourth-order valence-corrected chi connectivity index (χ4v) is 4.21. The SMILES string of the molecule is CON(C)S(=O)(=O)c1cc(C(=O)Nc2ccccc2-c2ccccc2)ccc1Cl. The topological polar surface area (TPSA) is 75.7 Å². The first-order chi connectivity index (χ1) is 13.8. The van der Waals surface area contributed by atoms with Crippen molar-refractivity contribution in [1.82, 2.24) is 4.47 Å². The third kappa shape index (κ3) is 4.49. The summed E-state index contributed by atoms with van der Waals surface area (Å²) >= 11 is 6.06. The monoisotopic (exact) mass is 430 g/mol. The van der Waals surface area contributed by atoms with Crippen LogP contribution in [-0.4, -0.2) is 33.0 Å². The molecule has 1 N–H and O–H groups in total. The first-order valence-corrected chi connectivity index (χ1v) is 10.4. The Balaban J connectivity index is 1.95. The number of hydroxylamine groups is 1. The Morgan fingerprint density at radius 3 is 2.34 bits per heavy atom. The van der Waals surface area contributed by atoms with E-state index < -0.39 is 15.9 Å². The number of carbonyl (C=O) groups excluding carboxylic acids is 1. The summed E-state index contributed by atoms with van der Waals surface area (Å²) in [5.74, 6) is -0.457. The Hall–Kier alpha value is -2.71. The molecule has 0 atom stereocenters. The maximum absolute atomic E-state index is 12.8. The molecule has 3 rings (SSSR count). The minimum Gasteiger partial charge on any atom is -0.321 e. The molecule has 0 aliphatic carbocycles. The Bertz CT molecular complexity index is 1130. The van der Waals surface area contributed by atoms with Crippen molar-refractivity contribution < 1.29 is 18.0 Å². The average molecular weight is 431 g/mol. The van der Waals surface area contributed by atoms with E-state index in [-0.39, 0.29) is 15.5 Å². The Labute approximate surface area is 174 Å². The predicted molar refractivity (Wildman–Crippen MR) is 113 cm³/mol. The number of rotatable bonds is 6. The molecule has 29 heavy (non-hydrogen) atoms. The van der Waals surface area contributed by atoms with Gasteiger partial charge < -0.3 is 5.32 Å². The Morgan fingerprint density at radius 2 is 1.66 bits per heavy atom. The zero-order valence-electron chi connectivity index (χ0n) is 15.8. The van der Waals surface area contributed by atoms with Crippen LogP contribution in [0.1, 0.15) is 10.4 Å². The molecule has 0 bridgehead atoms. The van der Waals surface area contributed by atoms with Gasteiger partial charge in [-0.2, -0.15) is 0 Å². The number of carbonyl (C=O) groups is 1. The zero-order chi connectivity index (χ0) is 21.0. The highest BCUT2D eigenvalue weighted by atomic mass is 35.5. The number of sulfonamides is 1. The molecule has 0 radical (unpaired) electrons. The van der Waals surface area contributed by atoms with Crippen LogP contribution in [0.5, 0.6) is 0 Å². The summed E-state index contributed by atoms with van der Waals surface area (Å²) in [5.41, 5.74) is 2.56. The number of hydrogen-bond acceptors (Lipinski definition) is 4. The van der Waals surface area contributed by atoms with Crippen molar-refractivity contribution in [3.8, 4) is 11.1 Å². The molecule has 0 fully saturated rings. The third-order valence-electron chi connectivity index (χ3n) is 4.33. The molecule has 0 aromatic heterocycles. The minimum atomic E-state index is -4.00. The number of amides is 1. The number of benzene rings is 3. The molecule has 0 saturated heterocycles. The number of para-hydroxylation sites is 1. The normalized spacial score (nSPS) is 11.4. The maximum Gasteiger partial charge on any atom is 0.266 e. The van der Waals surface area contributed by atoms with Gasteiger partial charge in [0.2, 0.25) is 0 Å². The van der Waals surface area contributed by atoms with E-state index in [2.05, 4.69) is 5.32 Å². The second kappa shape index (κ2) is 8.75. The van der Waals surface area contributed by atoms with Gasteiger partial charge in [-0.25, -0.2) is 8.42 Å². The predicted octanol–water partition coefficient (Wildman–Crippen LogP) is 4.44. The van der Waals surface area contributed by atoms with Crippen LogP contribution in [0.3, 0.4) is 0 Å². The second-order valence-corrected chi connectivity index (χ2v) is 8.42. The maximum atomic E-state index is 12.8. The molecule has 8 heteroatoms. The summed E-state index contributed by atoms with van der Waals surface area (Å²) in [6.45, 7) is 0. The lowest BCUT2D eigenvalue weighted by Gasteiger charge is -2.16. The molecule has 0 heterocycles. The van der Waals surface area contributed by atoms with Crippen molar-refractivity contribution in [3.05, 3.63) is 83.4 Å². The van der Waals surface area contributed by atoms with Crippen LogP contribution in [0.2, 0.25) is 5.02 Å². The second-order valence-electron chi connectivity index (χ2n) is 6.11. The van der Waals surface area contributed by atoms with Gasteiger partial charge in [0, 0.05) is 23.9 Å². The summed E-state index contributed by atoms with van der Waals surface area (Å²) in [7, 11) is -1.53. The third-order valence-corrected chi connectivity index (χ3v) is 6.49. The largest absolute Gasteiger partial charge is 0.321 e. The molecule has 3 aromatic carbocycles. The summed E-state index contributed by atoms with van der Waals surface area (Å²) in [4.78, 5) is 17.4. The van der Waals surface area contributed by atoms with Gasteiger partial charge in [-0.15, -0.1) is 0 Å². The van der Waals surface area contributed by atoms with Crippen LogP contribution in [0.4, 0.5) is 5.69 Å². The Kier molecular flexibility index (Phi) is 6.34. The molecular weight excluding hydrogens is 412 g/mol. The average Bonchev–Trinajstić information content (AvgIpc) is 2.74. The van der Waals surface area contributed by atoms with E-state index in [1.54, 1.807) is 6.07 Å². The molecule has 0 spiro atoms. The van der Waals surface area contributed by atoms with Crippen molar-refractivity contribution >= 4 is 33.2 Å². The quantitative estimate of drug-likeness (QED) is 0.586. The first-order valence-electron chi connectivity index (χ1n) is 8.63. The van der Waals surface area contributed by atoms with Crippen molar-refractivity contribution in [2.75, 3.05) is 19.5 Å². The molecule has 150 valence electrons. The van der Waals surface area contributed by atoms with E-state index in [0.717, 1.165) is 11.1 Å². The number of anilines is 1. The zero-order valence-corrected chi connectivity index (χ0v) is 17.4. The van der Waals surface area contributed by atoms with E-state index in [4.69, 9.17) is 16.4 Å². The lowest BCUT2D eigenvalue weighted by Crippen LogP contribution is -2.26. The van der Waals surface area contributed by atoms with Crippen LogP contribution in [0, 0.1) is 0 Å². The van der Waals surface area contributed by atoms with E-state index in [9.17, 15) is 13.2 Å². The fraction of sp³-hybridized carbons (Fsp3) is 0.0952. The molecule has 3 aromatic rings. The van der Waals surface area contributed by atoms with Crippen LogP contribution in [-0.2, 0) is 14.9 Å². The van der Waals surface area contributed by atoms with Crippen molar-refractivity contribution in [3.63, 3.8) is 0 Å². The van der Waals surface area contributed by atoms with Gasteiger partial charge in [0.25, 0.3) is 15.9 Å². The molecule has 0 unspecified atom stereocenters. The highest BCUT2D eigenvalue weighted by molar-refractivity contribution is 7.89. The van der Waals surface area contributed by atoms with Crippen molar-refractivity contribution in [2.24, 2.45) is 0 Å². The highest BCUT2D eigenvalue weighted by Gasteiger charge is 2.25. The van der Waals surface area contributed by atoms with E-state index in [1.807, 2.05) is 48.5 Å². The molecular formula is C21H19ClN2O4S. The van der Waals surface area contributed by atoms with Crippen LogP contribution in [0.15, 0.2) is 77.7 Å². The summed E-state index contributed by atoms with van der Waals surface area (Å²) < 4.78 is 25.8. The molecule has 0 saturated carbocycles. The van der Waals surface area contributed by atoms with E-state index in [0.29, 0.717) is 10.2 Å². The molecule has 0 aliphatic heterocycles. The first kappa shape index (κ1) is 21.0. The summed E-state index contributed by atoms with van der Waals surface area (Å²) in [6, 6.07) is 21.1. The van der Waals surface area contributed by atoms with Crippen LogP contribution >= 0.6 is 11.6 Å². The number of nitrogens with zero attached hydrogens (tertiary/aromatic N) is 1. The van der Waals surface area contributed by atoms with E-state index >= 15 is 0 Å². The smallest absolute Gasteiger partial charge is 0.266 e. The van der Waals surface area contributed by atoms with Gasteiger partial charge in [0.1, 0.15) is 4.90 Å². The van der Waals surface area contributed by atoms with Crippen molar-refractivity contribution in [1.29, 1.82) is 0 Å². The van der Waals surface area contributed by atoms with Crippen LogP contribution < -0.4 is 5.32 Å². The standard InChI is InChI=1S/C21H19ClN2O4S/c1-24(28-2)29(26,27)20-14-16(12-13-18(20)22)21(25)23-19-11-7-6-10-17(19)15-8-4-3-5-9-15/h3-14H,1-2H3,(H,23,25). The minimum absolute atomic E-state index is 0.00450. The molecule has 0 aliphatic rings. The van der Waals surface area contributed by atoms with E-state index in [1.165, 1.54) is 32.4 Å². The number of nitrogens with one attached hydrogen (secondary N) is 1. The summed E-state index contributed by atoms with van der Waals surface area (Å²) in [5, 5.41) is 2.84. The van der Waals surface area contributed by atoms with Gasteiger partial charge in [-0.3, -0.25) is 9.63 Å². The lowest BCUT2D eigenvalue weighted by atomic mass is 10.0. The lowest BCUT2D eigenvalue weighted by molar-refractivity contribution is -0.0258. The number of halogens is 1. The van der Waals surface area contributed by atoms with Gasteiger partial charge >= 0.3 is 0 Å². The van der Waals surface area contributed by atoms with Crippen LogP contribution in [0.25, 0.3) is 11.1 Å². The molecule has 6 nitrogen and oxygen atoms in total. The van der Waals surface area contributed by atoms with Gasteiger partial charge in [-0.05, 0) is 29.8 Å². The highest BCUT2D eigenvalue weighted by Crippen LogP contribution is 2.29. The summed E-state index contributed by atoms with van der Waals surface area (Å²) in [6.07, 6.45) is 0. The molecule has 1 amide bonds. The number of hydrogen-bond donors (Lipinski definition) is 1. The van der Waals surface area contributed by atoms with Gasteiger partial charge in [0.05, 0.1) is 12.1 Å².